The third-order valence-corrected chi connectivity index (χ3v) is 3.24. The second-order valence-corrected chi connectivity index (χ2v) is 4.62. The molecule has 1 amide bonds. The highest BCUT2D eigenvalue weighted by molar-refractivity contribution is 7.99. The van der Waals surface area contributed by atoms with Gasteiger partial charge in [0.05, 0.1) is 10.0 Å². The van der Waals surface area contributed by atoms with Crippen molar-refractivity contribution in [3.05, 3.63) is 28.2 Å². The van der Waals surface area contributed by atoms with Crippen molar-refractivity contribution in [3.63, 3.8) is 0 Å². The maximum atomic E-state index is 10.5. The molecule has 0 heterocycles. The highest BCUT2D eigenvalue weighted by Crippen LogP contribution is 2.28. The second kappa shape index (κ2) is 5.49. The number of hydrogen-bond acceptors (Lipinski definition) is 2. The normalized spacial score (nSPS) is 10.1. The lowest BCUT2D eigenvalue weighted by molar-refractivity contribution is -0.117. The average Bonchev–Trinajstić information content (AvgIpc) is 2.10. The van der Waals surface area contributed by atoms with Crippen LogP contribution >= 0.6 is 35.0 Å². The summed E-state index contributed by atoms with van der Waals surface area (Å²) < 4.78 is 0. The van der Waals surface area contributed by atoms with Crippen LogP contribution in [0.1, 0.15) is 6.42 Å². The first kappa shape index (κ1) is 11.7. The first-order chi connectivity index (χ1) is 6.59. The van der Waals surface area contributed by atoms with Crippen LogP contribution in [-0.2, 0) is 4.79 Å². The van der Waals surface area contributed by atoms with E-state index in [4.69, 9.17) is 28.9 Å². The van der Waals surface area contributed by atoms with Crippen LogP contribution < -0.4 is 5.73 Å². The van der Waals surface area contributed by atoms with Crippen LogP contribution in [0.2, 0.25) is 10.0 Å². The Bertz CT molecular complexity index is 344. The van der Waals surface area contributed by atoms with Gasteiger partial charge in [0.25, 0.3) is 0 Å². The van der Waals surface area contributed by atoms with Gasteiger partial charge >= 0.3 is 0 Å². The Morgan fingerprint density at radius 3 is 2.64 bits per heavy atom. The SMILES string of the molecule is NC(=O)CCSc1ccc(Cl)c(Cl)c1. The molecule has 1 rings (SSSR count). The molecule has 5 heteroatoms. The minimum Gasteiger partial charge on any atom is -0.370 e. The summed E-state index contributed by atoms with van der Waals surface area (Å²) >= 11 is 13.1. The lowest BCUT2D eigenvalue weighted by atomic mass is 10.4. The third kappa shape index (κ3) is 3.78. The summed E-state index contributed by atoms with van der Waals surface area (Å²) in [5, 5.41) is 1.06. The van der Waals surface area contributed by atoms with E-state index >= 15 is 0 Å². The maximum absolute atomic E-state index is 10.5. The molecule has 0 fully saturated rings. The zero-order valence-electron chi connectivity index (χ0n) is 7.30. The molecule has 0 unspecified atom stereocenters. The van der Waals surface area contributed by atoms with Crippen LogP contribution in [0.4, 0.5) is 0 Å². The molecule has 0 saturated heterocycles. The van der Waals surface area contributed by atoms with E-state index in [-0.39, 0.29) is 5.91 Å². The molecule has 0 radical (unpaired) electrons. The van der Waals surface area contributed by atoms with E-state index in [0.29, 0.717) is 22.2 Å². The molecule has 1 aromatic rings. The number of amides is 1. The Kier molecular flexibility index (Phi) is 4.58. The molecule has 0 aliphatic rings. The number of halogens is 2. The third-order valence-electron chi connectivity index (χ3n) is 1.51. The van der Waals surface area contributed by atoms with Crippen LogP contribution in [0.15, 0.2) is 23.1 Å². The molecule has 0 saturated carbocycles. The molecule has 0 bridgehead atoms. The Balaban J connectivity index is 2.51. The minimum absolute atomic E-state index is 0.294. The van der Waals surface area contributed by atoms with E-state index in [1.165, 1.54) is 11.8 Å². The molecule has 0 spiro atoms. The largest absolute Gasteiger partial charge is 0.370 e. The van der Waals surface area contributed by atoms with Gasteiger partial charge in [-0.25, -0.2) is 0 Å². The molecule has 0 aliphatic heterocycles. The summed E-state index contributed by atoms with van der Waals surface area (Å²) in [5.41, 5.74) is 5.01. The highest BCUT2D eigenvalue weighted by atomic mass is 35.5. The molecule has 2 N–H and O–H groups in total. The molecule has 0 aromatic heterocycles. The molecule has 14 heavy (non-hydrogen) atoms. The zero-order chi connectivity index (χ0) is 10.6. The van der Waals surface area contributed by atoms with Crippen molar-refractivity contribution >= 4 is 40.9 Å². The molecule has 76 valence electrons. The van der Waals surface area contributed by atoms with Crippen molar-refractivity contribution in [2.75, 3.05) is 5.75 Å². The predicted octanol–water partition coefficient (Wildman–Crippen LogP) is 2.96. The Labute approximate surface area is 96.8 Å². The predicted molar refractivity (Wildman–Crippen MR) is 61.0 cm³/mol. The summed E-state index contributed by atoms with van der Waals surface area (Å²) in [5.74, 6) is 0.366. The summed E-state index contributed by atoms with van der Waals surface area (Å²) in [6.45, 7) is 0. The molecule has 0 atom stereocenters. The van der Waals surface area contributed by atoms with Gasteiger partial charge in [0.2, 0.25) is 5.91 Å². The Morgan fingerprint density at radius 2 is 2.07 bits per heavy atom. The molecular formula is C9H9Cl2NOS. The van der Waals surface area contributed by atoms with Gasteiger partial charge in [-0.3, -0.25) is 4.79 Å². The number of hydrogen-bond donors (Lipinski definition) is 1. The number of carbonyl (C=O) groups excluding carboxylic acids is 1. The number of carbonyl (C=O) groups is 1. The second-order valence-electron chi connectivity index (χ2n) is 2.64. The van der Waals surface area contributed by atoms with Gasteiger partial charge in [0.15, 0.2) is 0 Å². The Hall–Kier alpha value is -0.380. The van der Waals surface area contributed by atoms with E-state index in [2.05, 4.69) is 0 Å². The minimum atomic E-state index is -0.294. The van der Waals surface area contributed by atoms with Crippen LogP contribution in [0.3, 0.4) is 0 Å². The van der Waals surface area contributed by atoms with Gasteiger partial charge in [-0.15, -0.1) is 11.8 Å². The summed E-state index contributed by atoms with van der Waals surface area (Å²) in [6.07, 6.45) is 0.366. The lowest BCUT2D eigenvalue weighted by Gasteiger charge is -2.01. The smallest absolute Gasteiger partial charge is 0.218 e. The van der Waals surface area contributed by atoms with Gasteiger partial charge in [-0.05, 0) is 18.2 Å². The summed E-state index contributed by atoms with van der Waals surface area (Å²) in [4.78, 5) is 11.5. The van der Waals surface area contributed by atoms with E-state index < -0.39 is 0 Å². The monoisotopic (exact) mass is 249 g/mol. The Morgan fingerprint density at radius 1 is 1.36 bits per heavy atom. The van der Waals surface area contributed by atoms with Crippen LogP contribution in [0.5, 0.6) is 0 Å². The standard InChI is InChI=1S/C9H9Cl2NOS/c10-7-2-1-6(5-8(7)11)14-4-3-9(12)13/h1-2,5H,3-4H2,(H2,12,13). The van der Waals surface area contributed by atoms with Gasteiger partial charge in [-0.2, -0.15) is 0 Å². The number of benzene rings is 1. The highest BCUT2D eigenvalue weighted by Gasteiger charge is 2.01. The van der Waals surface area contributed by atoms with Gasteiger partial charge in [0, 0.05) is 17.1 Å². The molecule has 1 aromatic carbocycles. The molecule has 0 aliphatic carbocycles. The fourth-order valence-electron chi connectivity index (χ4n) is 0.836. The average molecular weight is 250 g/mol. The molecule has 2 nitrogen and oxygen atoms in total. The van der Waals surface area contributed by atoms with E-state index in [9.17, 15) is 4.79 Å². The maximum Gasteiger partial charge on any atom is 0.218 e. The van der Waals surface area contributed by atoms with Crippen molar-refractivity contribution in [1.29, 1.82) is 0 Å². The fraction of sp³-hybridized carbons (Fsp3) is 0.222. The van der Waals surface area contributed by atoms with Gasteiger partial charge < -0.3 is 5.73 Å². The summed E-state index contributed by atoms with van der Waals surface area (Å²) in [6, 6.07) is 5.37. The zero-order valence-corrected chi connectivity index (χ0v) is 9.62. The first-order valence-electron chi connectivity index (χ1n) is 3.96. The van der Waals surface area contributed by atoms with Crippen molar-refractivity contribution in [1.82, 2.24) is 0 Å². The van der Waals surface area contributed by atoms with Crippen molar-refractivity contribution < 1.29 is 4.79 Å². The number of nitrogens with two attached hydrogens (primary N) is 1. The van der Waals surface area contributed by atoms with Crippen molar-refractivity contribution in [3.8, 4) is 0 Å². The van der Waals surface area contributed by atoms with Crippen molar-refractivity contribution in [2.24, 2.45) is 5.73 Å². The van der Waals surface area contributed by atoms with Crippen LogP contribution in [0, 0.1) is 0 Å². The quantitative estimate of drug-likeness (QED) is 0.835. The molecular weight excluding hydrogens is 241 g/mol. The fourth-order valence-corrected chi connectivity index (χ4v) is 2.10. The van der Waals surface area contributed by atoms with Crippen LogP contribution in [0.25, 0.3) is 0 Å². The number of thioether (sulfide) groups is 1. The van der Waals surface area contributed by atoms with E-state index in [0.717, 1.165) is 4.90 Å². The van der Waals surface area contributed by atoms with E-state index in [1.54, 1.807) is 12.1 Å². The number of primary amides is 1. The van der Waals surface area contributed by atoms with E-state index in [1.807, 2.05) is 6.07 Å². The van der Waals surface area contributed by atoms with Gasteiger partial charge in [-0.1, -0.05) is 23.2 Å². The van der Waals surface area contributed by atoms with Crippen molar-refractivity contribution in [2.45, 2.75) is 11.3 Å². The number of rotatable bonds is 4. The first-order valence-corrected chi connectivity index (χ1v) is 5.70. The van der Waals surface area contributed by atoms with Gasteiger partial charge in [0.1, 0.15) is 0 Å². The topological polar surface area (TPSA) is 43.1 Å². The lowest BCUT2D eigenvalue weighted by Crippen LogP contribution is -2.10. The summed E-state index contributed by atoms with van der Waals surface area (Å²) in [7, 11) is 0. The van der Waals surface area contributed by atoms with Crippen LogP contribution in [-0.4, -0.2) is 11.7 Å².